The van der Waals surface area contributed by atoms with Crippen LogP contribution in [0.5, 0.6) is 5.75 Å². The average Bonchev–Trinajstić information content (AvgIpc) is 2.70. The minimum absolute atomic E-state index is 0.110. The normalized spacial score (nSPS) is 15.8. The molecule has 158 valence electrons. The van der Waals surface area contributed by atoms with Gasteiger partial charge in [-0.2, -0.15) is 4.31 Å². The Kier molecular flexibility index (Phi) is 6.18. The van der Waals surface area contributed by atoms with Gasteiger partial charge in [0, 0.05) is 18.8 Å². The number of sulfonamides is 2. The number of nitrogens with one attached hydrogen (secondary N) is 1. The molecule has 1 fully saturated rings. The van der Waals surface area contributed by atoms with Crippen molar-refractivity contribution in [3.8, 4) is 5.75 Å². The van der Waals surface area contributed by atoms with E-state index in [2.05, 4.69) is 4.72 Å². The topological polar surface area (TPSA) is 102 Å². The molecular formula is C19H24N2O6S2. The van der Waals surface area contributed by atoms with Crippen molar-refractivity contribution in [2.24, 2.45) is 0 Å². The van der Waals surface area contributed by atoms with Crippen molar-refractivity contribution in [1.29, 1.82) is 0 Å². The lowest BCUT2D eigenvalue weighted by molar-refractivity contribution is 0.0730. The van der Waals surface area contributed by atoms with Crippen LogP contribution < -0.4 is 9.46 Å². The molecule has 0 atom stereocenters. The van der Waals surface area contributed by atoms with E-state index in [1.807, 2.05) is 0 Å². The number of nitrogens with zero attached hydrogens (tertiary/aromatic N) is 1. The third-order valence-corrected chi connectivity index (χ3v) is 8.13. The molecule has 0 bridgehead atoms. The maximum absolute atomic E-state index is 12.8. The second kappa shape index (κ2) is 8.31. The van der Waals surface area contributed by atoms with Gasteiger partial charge in [-0.3, -0.25) is 4.72 Å². The van der Waals surface area contributed by atoms with Crippen LogP contribution in [0.25, 0.3) is 0 Å². The van der Waals surface area contributed by atoms with Gasteiger partial charge >= 0.3 is 0 Å². The summed E-state index contributed by atoms with van der Waals surface area (Å²) in [6, 6.07) is 8.90. The van der Waals surface area contributed by atoms with E-state index in [0.717, 1.165) is 0 Å². The Balaban J connectivity index is 1.83. The highest BCUT2D eigenvalue weighted by atomic mass is 32.2. The van der Waals surface area contributed by atoms with Gasteiger partial charge in [-0.25, -0.2) is 16.8 Å². The first kappa shape index (κ1) is 21.6. The van der Waals surface area contributed by atoms with Crippen LogP contribution in [0.4, 0.5) is 5.69 Å². The lowest BCUT2D eigenvalue weighted by Gasteiger charge is -2.26. The predicted molar refractivity (Wildman–Crippen MR) is 109 cm³/mol. The lowest BCUT2D eigenvalue weighted by atomic mass is 10.1. The molecule has 0 spiro atoms. The Morgan fingerprint density at radius 1 is 0.966 bits per heavy atom. The number of morpholine rings is 1. The van der Waals surface area contributed by atoms with E-state index in [0.29, 0.717) is 43.2 Å². The molecule has 1 aliphatic rings. The smallest absolute Gasteiger partial charge is 0.262 e. The van der Waals surface area contributed by atoms with E-state index < -0.39 is 20.0 Å². The van der Waals surface area contributed by atoms with Gasteiger partial charge < -0.3 is 9.47 Å². The zero-order valence-corrected chi connectivity index (χ0v) is 18.1. The van der Waals surface area contributed by atoms with Gasteiger partial charge in [-0.05, 0) is 61.4 Å². The number of hydrogen-bond acceptors (Lipinski definition) is 6. The lowest BCUT2D eigenvalue weighted by Crippen LogP contribution is -2.40. The maximum atomic E-state index is 12.8. The summed E-state index contributed by atoms with van der Waals surface area (Å²) in [5, 5.41) is 0. The predicted octanol–water partition coefficient (Wildman–Crippen LogP) is 2.13. The van der Waals surface area contributed by atoms with Gasteiger partial charge in [-0.1, -0.05) is 0 Å². The Labute approximate surface area is 171 Å². The summed E-state index contributed by atoms with van der Waals surface area (Å²) < 4.78 is 65.2. The minimum Gasteiger partial charge on any atom is -0.496 e. The molecule has 0 unspecified atom stereocenters. The van der Waals surface area contributed by atoms with Gasteiger partial charge in [0.25, 0.3) is 10.0 Å². The van der Waals surface area contributed by atoms with Crippen molar-refractivity contribution in [1.82, 2.24) is 4.31 Å². The fourth-order valence-electron chi connectivity index (χ4n) is 3.11. The van der Waals surface area contributed by atoms with Crippen LogP contribution in [0, 0.1) is 13.8 Å². The molecule has 1 saturated heterocycles. The van der Waals surface area contributed by atoms with Crippen molar-refractivity contribution < 1.29 is 26.3 Å². The van der Waals surface area contributed by atoms with E-state index in [1.165, 1.54) is 35.7 Å². The average molecular weight is 441 g/mol. The molecule has 1 N–H and O–H groups in total. The van der Waals surface area contributed by atoms with Crippen LogP contribution in [0.1, 0.15) is 11.1 Å². The highest BCUT2D eigenvalue weighted by Crippen LogP contribution is 2.27. The molecule has 0 saturated carbocycles. The second-order valence-corrected chi connectivity index (χ2v) is 10.3. The molecule has 0 aliphatic carbocycles. The molecule has 1 aliphatic heterocycles. The van der Waals surface area contributed by atoms with Gasteiger partial charge in [0.2, 0.25) is 10.0 Å². The number of anilines is 1. The van der Waals surface area contributed by atoms with Crippen LogP contribution in [0.3, 0.4) is 0 Å². The monoisotopic (exact) mass is 440 g/mol. The van der Waals surface area contributed by atoms with Crippen molar-refractivity contribution >= 4 is 25.7 Å². The summed E-state index contributed by atoms with van der Waals surface area (Å²) in [5.74, 6) is 0.610. The summed E-state index contributed by atoms with van der Waals surface area (Å²) in [7, 11) is -5.95. The number of benzene rings is 2. The van der Waals surface area contributed by atoms with Crippen LogP contribution in [-0.4, -0.2) is 54.6 Å². The van der Waals surface area contributed by atoms with Crippen LogP contribution in [-0.2, 0) is 24.8 Å². The first-order valence-electron chi connectivity index (χ1n) is 9.01. The molecule has 3 rings (SSSR count). The third kappa shape index (κ3) is 4.55. The Hall–Kier alpha value is -2.14. The first-order chi connectivity index (χ1) is 13.6. The van der Waals surface area contributed by atoms with Gasteiger partial charge in [0.05, 0.1) is 30.1 Å². The summed E-state index contributed by atoms with van der Waals surface area (Å²) in [4.78, 5) is 0.250. The van der Waals surface area contributed by atoms with E-state index >= 15 is 0 Å². The molecular weight excluding hydrogens is 416 g/mol. The van der Waals surface area contributed by atoms with Crippen LogP contribution in [0.15, 0.2) is 46.2 Å². The fourth-order valence-corrected chi connectivity index (χ4v) is 5.89. The molecule has 2 aromatic rings. The molecule has 1 heterocycles. The second-order valence-electron chi connectivity index (χ2n) is 6.73. The standard InChI is InChI=1S/C19H24N2O6S2/c1-14-13-19(15(2)12-18(14)26-3)28(22,23)20-16-4-6-17(7-5-16)29(24,25)21-8-10-27-11-9-21/h4-7,12-13,20H,8-11H2,1-3H3. The molecule has 8 nitrogen and oxygen atoms in total. The summed E-state index contributed by atoms with van der Waals surface area (Å²) in [5.41, 5.74) is 1.52. The van der Waals surface area contributed by atoms with Gasteiger partial charge in [0.1, 0.15) is 5.75 Å². The van der Waals surface area contributed by atoms with Crippen LogP contribution in [0.2, 0.25) is 0 Å². The van der Waals surface area contributed by atoms with E-state index in [-0.39, 0.29) is 15.5 Å². The molecule has 0 radical (unpaired) electrons. The summed E-state index contributed by atoms with van der Waals surface area (Å²) in [6.07, 6.45) is 0. The summed E-state index contributed by atoms with van der Waals surface area (Å²) in [6.45, 7) is 4.77. The number of rotatable bonds is 6. The molecule has 2 aromatic carbocycles. The largest absolute Gasteiger partial charge is 0.496 e. The molecule has 0 amide bonds. The number of ether oxygens (including phenoxy) is 2. The van der Waals surface area contributed by atoms with E-state index in [9.17, 15) is 16.8 Å². The quantitative estimate of drug-likeness (QED) is 0.738. The van der Waals surface area contributed by atoms with Crippen molar-refractivity contribution in [2.75, 3.05) is 38.1 Å². The maximum Gasteiger partial charge on any atom is 0.262 e. The number of aryl methyl sites for hydroxylation is 2. The third-order valence-electron chi connectivity index (χ3n) is 4.70. The minimum atomic E-state index is -3.84. The van der Waals surface area contributed by atoms with E-state index in [1.54, 1.807) is 26.0 Å². The molecule has 29 heavy (non-hydrogen) atoms. The highest BCUT2D eigenvalue weighted by Gasteiger charge is 2.26. The Morgan fingerprint density at radius 3 is 2.17 bits per heavy atom. The number of methoxy groups -OCH3 is 1. The van der Waals surface area contributed by atoms with Gasteiger partial charge in [-0.15, -0.1) is 0 Å². The molecule has 0 aromatic heterocycles. The molecule has 10 heteroatoms. The van der Waals surface area contributed by atoms with Crippen molar-refractivity contribution in [3.63, 3.8) is 0 Å². The fraction of sp³-hybridized carbons (Fsp3) is 0.368. The number of hydrogen-bond donors (Lipinski definition) is 1. The van der Waals surface area contributed by atoms with Crippen molar-refractivity contribution in [3.05, 3.63) is 47.5 Å². The van der Waals surface area contributed by atoms with Gasteiger partial charge in [0.15, 0.2) is 0 Å². The first-order valence-corrected chi connectivity index (χ1v) is 11.9. The van der Waals surface area contributed by atoms with Crippen LogP contribution >= 0.6 is 0 Å². The Morgan fingerprint density at radius 2 is 1.59 bits per heavy atom. The SMILES string of the molecule is COc1cc(C)c(S(=O)(=O)Nc2ccc(S(=O)(=O)N3CCOCC3)cc2)cc1C. The highest BCUT2D eigenvalue weighted by molar-refractivity contribution is 7.92. The Bertz CT molecular complexity index is 1090. The zero-order valence-electron chi connectivity index (χ0n) is 16.5. The summed E-state index contributed by atoms with van der Waals surface area (Å²) >= 11 is 0. The zero-order chi connectivity index (χ0) is 21.2. The van der Waals surface area contributed by atoms with E-state index in [4.69, 9.17) is 9.47 Å². The van der Waals surface area contributed by atoms with Crippen molar-refractivity contribution in [2.45, 2.75) is 23.6 Å².